The van der Waals surface area contributed by atoms with E-state index < -0.39 is 0 Å². The highest BCUT2D eigenvalue weighted by Gasteiger charge is 2.34. The highest BCUT2D eigenvalue weighted by atomic mass is 16.5. The first-order valence-corrected chi connectivity index (χ1v) is 9.54. The van der Waals surface area contributed by atoms with E-state index in [-0.39, 0.29) is 17.4 Å². The maximum atomic E-state index is 12.8. The zero-order valence-corrected chi connectivity index (χ0v) is 15.2. The highest BCUT2D eigenvalue weighted by Crippen LogP contribution is 2.38. The summed E-state index contributed by atoms with van der Waals surface area (Å²) < 4.78 is 5.75. The molecule has 1 unspecified atom stereocenters. The van der Waals surface area contributed by atoms with Crippen LogP contribution in [-0.4, -0.2) is 36.1 Å². The zero-order chi connectivity index (χ0) is 17.0. The highest BCUT2D eigenvalue weighted by molar-refractivity contribution is 5.78. The van der Waals surface area contributed by atoms with Crippen LogP contribution in [0.3, 0.4) is 0 Å². The Balaban J connectivity index is 1.59. The number of benzene rings is 1. The third kappa shape index (κ3) is 4.00. The van der Waals surface area contributed by atoms with Crippen molar-refractivity contribution in [2.75, 3.05) is 19.7 Å². The van der Waals surface area contributed by atoms with Crippen LogP contribution in [0.2, 0.25) is 0 Å². The number of hydrogen-bond acceptors (Lipinski definition) is 3. The fraction of sp³-hybridized carbons (Fsp3) is 0.667. The lowest BCUT2D eigenvalue weighted by Crippen LogP contribution is -2.40. The van der Waals surface area contributed by atoms with Gasteiger partial charge in [-0.3, -0.25) is 9.69 Å². The minimum Gasteiger partial charge on any atom is -0.464 e. The molecule has 2 aliphatic rings. The molecule has 1 saturated heterocycles. The molecule has 1 aromatic rings. The molecule has 1 atom stereocenters. The normalized spacial score (nSPS) is 22.6. The van der Waals surface area contributed by atoms with Gasteiger partial charge in [-0.05, 0) is 57.6 Å². The molecule has 24 heavy (non-hydrogen) atoms. The molecule has 1 aliphatic heterocycles. The van der Waals surface area contributed by atoms with Crippen LogP contribution in [0.5, 0.6) is 0 Å². The van der Waals surface area contributed by atoms with Gasteiger partial charge in [0.1, 0.15) is 6.61 Å². The van der Waals surface area contributed by atoms with Crippen molar-refractivity contribution in [3.63, 3.8) is 0 Å². The Kier molecular flexibility index (Phi) is 5.60. The molecule has 3 nitrogen and oxygen atoms in total. The van der Waals surface area contributed by atoms with Crippen LogP contribution in [0.1, 0.15) is 63.9 Å². The van der Waals surface area contributed by atoms with Gasteiger partial charge in [0.25, 0.3) is 0 Å². The summed E-state index contributed by atoms with van der Waals surface area (Å²) in [4.78, 5) is 15.3. The van der Waals surface area contributed by atoms with Crippen LogP contribution in [0, 0.1) is 5.92 Å². The predicted octanol–water partition coefficient (Wildman–Crippen LogP) is 4.38. The van der Waals surface area contributed by atoms with Gasteiger partial charge in [-0.2, -0.15) is 0 Å². The van der Waals surface area contributed by atoms with Crippen LogP contribution in [0.25, 0.3) is 0 Å². The first-order valence-electron chi connectivity index (χ1n) is 9.54. The summed E-state index contributed by atoms with van der Waals surface area (Å²) in [5, 5.41) is 0. The summed E-state index contributed by atoms with van der Waals surface area (Å²) in [5.74, 6) is 0.341. The summed E-state index contributed by atoms with van der Waals surface area (Å²) in [5.41, 5.74) is 1.37. The number of likely N-dealkylation sites (tertiary alicyclic amines) is 1. The smallest absolute Gasteiger partial charge is 0.313 e. The lowest BCUT2D eigenvalue weighted by molar-refractivity contribution is -0.147. The maximum absolute atomic E-state index is 12.8. The Labute approximate surface area is 146 Å². The quantitative estimate of drug-likeness (QED) is 0.726. The standard InChI is InChI=1S/C21H31NO2/c1-21(2)13-8-14-22(21)15-16-24-20(23)19(18-11-6-7-12-18)17-9-4-3-5-10-17/h3-5,9-10,18-19H,6-8,11-16H2,1-2H3. The lowest BCUT2D eigenvalue weighted by atomic mass is 9.85. The van der Waals surface area contributed by atoms with Crippen molar-refractivity contribution < 1.29 is 9.53 Å². The minimum atomic E-state index is -0.0831. The number of carbonyl (C=O) groups excluding carboxylic acids is 1. The van der Waals surface area contributed by atoms with E-state index in [4.69, 9.17) is 4.74 Å². The number of carbonyl (C=O) groups is 1. The van der Waals surface area contributed by atoms with Gasteiger partial charge >= 0.3 is 5.97 Å². The first-order chi connectivity index (χ1) is 11.6. The van der Waals surface area contributed by atoms with Gasteiger partial charge in [0.05, 0.1) is 5.92 Å². The summed E-state index contributed by atoms with van der Waals surface area (Å²) in [6.07, 6.45) is 7.25. The number of nitrogens with zero attached hydrogens (tertiary/aromatic N) is 1. The third-order valence-corrected chi connectivity index (χ3v) is 5.96. The summed E-state index contributed by atoms with van der Waals surface area (Å²) in [7, 11) is 0. The van der Waals surface area contributed by atoms with E-state index in [0.717, 1.165) is 31.5 Å². The van der Waals surface area contributed by atoms with Crippen molar-refractivity contribution >= 4 is 5.97 Å². The van der Waals surface area contributed by atoms with Crippen LogP contribution >= 0.6 is 0 Å². The van der Waals surface area contributed by atoms with E-state index in [1.54, 1.807) is 0 Å². The molecular formula is C21H31NO2. The summed E-state index contributed by atoms with van der Waals surface area (Å²) in [6.45, 7) is 7.05. The molecule has 0 radical (unpaired) electrons. The van der Waals surface area contributed by atoms with E-state index in [1.165, 1.54) is 25.7 Å². The third-order valence-electron chi connectivity index (χ3n) is 5.96. The molecule has 1 aliphatic carbocycles. The molecule has 0 spiro atoms. The molecule has 3 rings (SSSR count). The van der Waals surface area contributed by atoms with E-state index >= 15 is 0 Å². The Hall–Kier alpha value is -1.35. The SMILES string of the molecule is CC1(C)CCCN1CCOC(=O)C(c1ccccc1)C1CCCC1. The second-order valence-electron chi connectivity index (χ2n) is 8.00. The summed E-state index contributed by atoms with van der Waals surface area (Å²) in [6, 6.07) is 10.2. The predicted molar refractivity (Wildman–Crippen MR) is 97.0 cm³/mol. The van der Waals surface area contributed by atoms with Crippen LogP contribution in [-0.2, 0) is 9.53 Å². The topological polar surface area (TPSA) is 29.5 Å². The Bertz CT molecular complexity index is 534. The molecule has 0 N–H and O–H groups in total. The second kappa shape index (κ2) is 7.69. The minimum absolute atomic E-state index is 0.0231. The molecule has 1 heterocycles. The van der Waals surface area contributed by atoms with Gasteiger partial charge in [0.15, 0.2) is 0 Å². The van der Waals surface area contributed by atoms with Crippen molar-refractivity contribution in [1.29, 1.82) is 0 Å². The van der Waals surface area contributed by atoms with Gasteiger partial charge in [0, 0.05) is 12.1 Å². The number of esters is 1. The van der Waals surface area contributed by atoms with Gasteiger partial charge in [0.2, 0.25) is 0 Å². The van der Waals surface area contributed by atoms with E-state index in [1.807, 2.05) is 18.2 Å². The van der Waals surface area contributed by atoms with Crippen molar-refractivity contribution in [3.8, 4) is 0 Å². The molecule has 1 saturated carbocycles. The van der Waals surface area contributed by atoms with Crippen LogP contribution in [0.15, 0.2) is 30.3 Å². The Morgan fingerprint density at radius 1 is 1.21 bits per heavy atom. The number of ether oxygens (including phenoxy) is 1. The monoisotopic (exact) mass is 329 g/mol. The fourth-order valence-electron chi connectivity index (χ4n) is 4.48. The average Bonchev–Trinajstić information content (AvgIpc) is 3.19. The van der Waals surface area contributed by atoms with Gasteiger partial charge in [-0.1, -0.05) is 43.2 Å². The van der Waals surface area contributed by atoms with E-state index in [2.05, 4.69) is 30.9 Å². The Morgan fingerprint density at radius 2 is 1.92 bits per heavy atom. The zero-order valence-electron chi connectivity index (χ0n) is 15.2. The molecule has 132 valence electrons. The maximum Gasteiger partial charge on any atom is 0.313 e. The van der Waals surface area contributed by atoms with Gasteiger partial charge in [-0.15, -0.1) is 0 Å². The molecule has 3 heteroatoms. The largest absolute Gasteiger partial charge is 0.464 e. The van der Waals surface area contributed by atoms with Crippen molar-refractivity contribution in [3.05, 3.63) is 35.9 Å². The van der Waals surface area contributed by atoms with Crippen molar-refractivity contribution in [2.45, 2.75) is 63.8 Å². The van der Waals surface area contributed by atoms with Gasteiger partial charge in [-0.25, -0.2) is 0 Å². The number of rotatable bonds is 6. The molecular weight excluding hydrogens is 298 g/mol. The molecule has 1 aromatic carbocycles. The second-order valence-corrected chi connectivity index (χ2v) is 8.00. The van der Waals surface area contributed by atoms with Crippen molar-refractivity contribution in [1.82, 2.24) is 4.90 Å². The van der Waals surface area contributed by atoms with Crippen LogP contribution < -0.4 is 0 Å². The average molecular weight is 329 g/mol. The van der Waals surface area contributed by atoms with Crippen molar-refractivity contribution in [2.24, 2.45) is 5.92 Å². The molecule has 0 amide bonds. The van der Waals surface area contributed by atoms with E-state index in [0.29, 0.717) is 12.5 Å². The lowest BCUT2D eigenvalue weighted by Gasteiger charge is -2.31. The van der Waals surface area contributed by atoms with Gasteiger partial charge < -0.3 is 4.74 Å². The van der Waals surface area contributed by atoms with Crippen LogP contribution in [0.4, 0.5) is 0 Å². The molecule has 0 bridgehead atoms. The molecule has 0 aromatic heterocycles. The molecule has 2 fully saturated rings. The summed E-state index contributed by atoms with van der Waals surface area (Å²) >= 11 is 0. The first kappa shape index (κ1) is 17.5. The fourth-order valence-corrected chi connectivity index (χ4v) is 4.48. The Morgan fingerprint density at radius 3 is 2.54 bits per heavy atom. The van der Waals surface area contributed by atoms with E-state index in [9.17, 15) is 4.79 Å². The number of hydrogen-bond donors (Lipinski definition) is 0.